The van der Waals surface area contributed by atoms with E-state index in [0.717, 1.165) is 16.7 Å². The summed E-state index contributed by atoms with van der Waals surface area (Å²) in [4.78, 5) is 8.36. The average molecular weight is 271 g/mol. The highest BCUT2D eigenvalue weighted by Crippen LogP contribution is 2.25. The van der Waals surface area contributed by atoms with Crippen LogP contribution in [0.4, 0.5) is 0 Å². The van der Waals surface area contributed by atoms with Crippen LogP contribution in [-0.2, 0) is 6.61 Å². The summed E-state index contributed by atoms with van der Waals surface area (Å²) >= 11 is 5.96. The Balaban J connectivity index is 1.90. The third-order valence-corrected chi connectivity index (χ3v) is 2.97. The monoisotopic (exact) mass is 270 g/mol. The van der Waals surface area contributed by atoms with Crippen molar-refractivity contribution in [1.82, 2.24) is 9.97 Å². The van der Waals surface area contributed by atoms with E-state index in [9.17, 15) is 0 Å². The van der Waals surface area contributed by atoms with Gasteiger partial charge in [0.05, 0.1) is 10.4 Å². The van der Waals surface area contributed by atoms with Crippen molar-refractivity contribution in [3.63, 3.8) is 0 Å². The summed E-state index contributed by atoms with van der Waals surface area (Å²) in [6.45, 7) is 0.506. The number of rotatable bonds is 3. The third-order valence-electron chi connectivity index (χ3n) is 2.76. The van der Waals surface area contributed by atoms with Crippen molar-refractivity contribution >= 4 is 22.6 Å². The molecule has 0 radical (unpaired) electrons. The van der Waals surface area contributed by atoms with E-state index >= 15 is 0 Å². The standard InChI is InChI=1S/C15H11ClN2O/c16-12-8-13-14(6-7-17-15(13)18-9-12)19-10-11-4-2-1-3-5-11/h1-9H,10H2. The van der Waals surface area contributed by atoms with Crippen LogP contribution in [0.2, 0.25) is 5.02 Å². The van der Waals surface area contributed by atoms with Crippen LogP contribution in [0.15, 0.2) is 54.9 Å². The van der Waals surface area contributed by atoms with Crippen LogP contribution < -0.4 is 4.74 Å². The van der Waals surface area contributed by atoms with Gasteiger partial charge in [-0.05, 0) is 17.7 Å². The number of benzene rings is 1. The lowest BCUT2D eigenvalue weighted by Gasteiger charge is -2.08. The number of halogens is 1. The SMILES string of the molecule is Clc1cnc2nccc(OCc3ccccc3)c2c1. The Bertz CT molecular complexity index is 701. The maximum atomic E-state index is 5.96. The molecule has 94 valence electrons. The minimum absolute atomic E-state index is 0.506. The molecule has 0 aliphatic carbocycles. The first-order valence-corrected chi connectivity index (χ1v) is 6.28. The summed E-state index contributed by atoms with van der Waals surface area (Å²) in [5.74, 6) is 0.740. The first-order chi connectivity index (χ1) is 9.33. The van der Waals surface area contributed by atoms with Crippen molar-refractivity contribution < 1.29 is 4.74 Å². The van der Waals surface area contributed by atoms with Crippen molar-refractivity contribution in [2.45, 2.75) is 6.61 Å². The molecule has 0 aliphatic heterocycles. The molecule has 0 aliphatic rings. The van der Waals surface area contributed by atoms with Crippen LogP contribution in [0.25, 0.3) is 11.0 Å². The van der Waals surface area contributed by atoms with Gasteiger partial charge in [0.15, 0.2) is 5.65 Å². The highest BCUT2D eigenvalue weighted by Gasteiger charge is 2.05. The Labute approximate surface area is 115 Å². The number of pyridine rings is 2. The lowest BCUT2D eigenvalue weighted by atomic mass is 10.2. The van der Waals surface area contributed by atoms with E-state index < -0.39 is 0 Å². The van der Waals surface area contributed by atoms with Gasteiger partial charge in [-0.3, -0.25) is 0 Å². The molecule has 3 nitrogen and oxygen atoms in total. The molecule has 0 amide bonds. The smallest absolute Gasteiger partial charge is 0.162 e. The van der Waals surface area contributed by atoms with E-state index in [1.54, 1.807) is 12.4 Å². The Hall–Kier alpha value is -2.13. The zero-order valence-corrected chi connectivity index (χ0v) is 10.8. The quantitative estimate of drug-likeness (QED) is 0.725. The molecular weight excluding hydrogens is 260 g/mol. The largest absolute Gasteiger partial charge is 0.488 e. The summed E-state index contributed by atoms with van der Waals surface area (Å²) in [5, 5.41) is 1.40. The molecule has 3 rings (SSSR count). The van der Waals surface area contributed by atoms with Crippen LogP contribution >= 0.6 is 11.6 Å². The third kappa shape index (κ3) is 2.66. The summed E-state index contributed by atoms with van der Waals surface area (Å²) in [5.41, 5.74) is 1.75. The summed E-state index contributed by atoms with van der Waals surface area (Å²) in [7, 11) is 0. The Kier molecular flexibility index (Phi) is 3.29. The van der Waals surface area contributed by atoms with Crippen molar-refractivity contribution in [3.05, 3.63) is 65.4 Å². The number of hydrogen-bond donors (Lipinski definition) is 0. The second-order valence-electron chi connectivity index (χ2n) is 4.11. The summed E-state index contributed by atoms with van der Waals surface area (Å²) < 4.78 is 5.82. The van der Waals surface area contributed by atoms with Crippen LogP contribution in [0, 0.1) is 0 Å². The first kappa shape index (κ1) is 11.9. The lowest BCUT2D eigenvalue weighted by Crippen LogP contribution is -1.96. The predicted molar refractivity (Wildman–Crippen MR) is 75.3 cm³/mol. The molecule has 3 aromatic rings. The van der Waals surface area contributed by atoms with Gasteiger partial charge in [-0.25, -0.2) is 9.97 Å². The van der Waals surface area contributed by atoms with Crippen molar-refractivity contribution in [3.8, 4) is 5.75 Å². The Morgan fingerprint density at radius 3 is 2.74 bits per heavy atom. The predicted octanol–water partition coefficient (Wildman–Crippen LogP) is 3.86. The number of hydrogen-bond acceptors (Lipinski definition) is 3. The van der Waals surface area contributed by atoms with Gasteiger partial charge in [0, 0.05) is 12.4 Å². The van der Waals surface area contributed by atoms with Crippen LogP contribution in [-0.4, -0.2) is 9.97 Å². The molecule has 19 heavy (non-hydrogen) atoms. The normalized spacial score (nSPS) is 10.6. The highest BCUT2D eigenvalue weighted by atomic mass is 35.5. The number of aromatic nitrogens is 2. The van der Waals surface area contributed by atoms with Crippen molar-refractivity contribution in [2.24, 2.45) is 0 Å². The first-order valence-electron chi connectivity index (χ1n) is 5.90. The second kappa shape index (κ2) is 5.24. The molecule has 2 aromatic heterocycles. The van der Waals surface area contributed by atoms with E-state index in [-0.39, 0.29) is 0 Å². The minimum Gasteiger partial charge on any atom is -0.488 e. The van der Waals surface area contributed by atoms with Crippen molar-refractivity contribution in [2.75, 3.05) is 0 Å². The Morgan fingerprint density at radius 1 is 1.05 bits per heavy atom. The van der Waals surface area contributed by atoms with Gasteiger partial charge in [-0.15, -0.1) is 0 Å². The zero-order chi connectivity index (χ0) is 13.1. The maximum Gasteiger partial charge on any atom is 0.162 e. The summed E-state index contributed by atoms with van der Waals surface area (Å²) in [6.07, 6.45) is 3.27. The summed E-state index contributed by atoms with van der Waals surface area (Å²) in [6, 6.07) is 13.6. The van der Waals surface area contributed by atoms with Gasteiger partial charge in [0.25, 0.3) is 0 Å². The molecule has 4 heteroatoms. The molecule has 0 bridgehead atoms. The highest BCUT2D eigenvalue weighted by molar-refractivity contribution is 6.31. The second-order valence-corrected chi connectivity index (χ2v) is 4.54. The van der Waals surface area contributed by atoms with Gasteiger partial charge in [0.1, 0.15) is 12.4 Å². The van der Waals surface area contributed by atoms with Gasteiger partial charge in [0.2, 0.25) is 0 Å². The van der Waals surface area contributed by atoms with E-state index in [1.165, 1.54) is 0 Å². The average Bonchev–Trinajstić information content (AvgIpc) is 2.46. The van der Waals surface area contributed by atoms with Crippen LogP contribution in [0.3, 0.4) is 0 Å². The minimum atomic E-state index is 0.506. The van der Waals surface area contributed by atoms with Gasteiger partial charge in [-0.1, -0.05) is 41.9 Å². The molecule has 0 spiro atoms. The molecule has 2 heterocycles. The molecule has 0 saturated heterocycles. The fourth-order valence-electron chi connectivity index (χ4n) is 1.84. The van der Waals surface area contributed by atoms with E-state index in [4.69, 9.17) is 16.3 Å². The fraction of sp³-hybridized carbons (Fsp3) is 0.0667. The van der Waals surface area contributed by atoms with E-state index in [2.05, 4.69) is 9.97 Å². The molecule has 0 unspecified atom stereocenters. The number of ether oxygens (including phenoxy) is 1. The lowest BCUT2D eigenvalue weighted by molar-refractivity contribution is 0.310. The van der Waals surface area contributed by atoms with Gasteiger partial charge >= 0.3 is 0 Å². The van der Waals surface area contributed by atoms with Gasteiger partial charge < -0.3 is 4.74 Å². The van der Waals surface area contributed by atoms with E-state index in [0.29, 0.717) is 17.3 Å². The molecular formula is C15H11ClN2O. The molecule has 1 aromatic carbocycles. The van der Waals surface area contributed by atoms with Gasteiger partial charge in [-0.2, -0.15) is 0 Å². The fourth-order valence-corrected chi connectivity index (χ4v) is 2.00. The number of fused-ring (bicyclic) bond motifs is 1. The molecule has 0 N–H and O–H groups in total. The zero-order valence-electron chi connectivity index (χ0n) is 10.1. The van der Waals surface area contributed by atoms with Crippen LogP contribution in [0.5, 0.6) is 5.75 Å². The maximum absolute atomic E-state index is 5.96. The van der Waals surface area contributed by atoms with Crippen LogP contribution in [0.1, 0.15) is 5.56 Å². The topological polar surface area (TPSA) is 35.0 Å². The molecule has 0 atom stereocenters. The number of nitrogens with zero attached hydrogens (tertiary/aromatic N) is 2. The Morgan fingerprint density at radius 2 is 1.89 bits per heavy atom. The van der Waals surface area contributed by atoms with Crippen molar-refractivity contribution in [1.29, 1.82) is 0 Å². The van der Waals surface area contributed by atoms with E-state index in [1.807, 2.05) is 42.5 Å². The molecule has 0 saturated carbocycles. The molecule has 0 fully saturated rings.